The zero-order chi connectivity index (χ0) is 15.5. The summed E-state index contributed by atoms with van der Waals surface area (Å²) in [7, 11) is 0. The van der Waals surface area contributed by atoms with Gasteiger partial charge in [-0.05, 0) is 49.9 Å². The molecule has 22 heavy (non-hydrogen) atoms. The minimum Gasteiger partial charge on any atom is -0.343 e. The highest BCUT2D eigenvalue weighted by Gasteiger charge is 2.22. The third-order valence-corrected chi connectivity index (χ3v) is 3.85. The van der Waals surface area contributed by atoms with Gasteiger partial charge in [-0.25, -0.2) is 4.39 Å². The summed E-state index contributed by atoms with van der Waals surface area (Å²) in [6, 6.07) is 5.25. The average molecular weight is 301 g/mol. The van der Waals surface area contributed by atoms with Crippen LogP contribution in [0.15, 0.2) is 24.3 Å². The van der Waals surface area contributed by atoms with E-state index in [-0.39, 0.29) is 18.2 Å². The monoisotopic (exact) mass is 301 g/mol. The van der Waals surface area contributed by atoms with E-state index in [0.29, 0.717) is 11.3 Å². The average Bonchev–Trinajstić information content (AvgIpc) is 2.97. The molecule has 114 valence electrons. The lowest BCUT2D eigenvalue weighted by Gasteiger charge is -2.11. The summed E-state index contributed by atoms with van der Waals surface area (Å²) < 4.78 is 12.8. The lowest BCUT2D eigenvalue weighted by Crippen LogP contribution is -2.30. The molecule has 0 unspecified atom stereocenters. The zero-order valence-electron chi connectivity index (χ0n) is 12.0. The summed E-state index contributed by atoms with van der Waals surface area (Å²) in [6.07, 6.45) is 3.88. The van der Waals surface area contributed by atoms with Gasteiger partial charge in [0.25, 0.3) is 5.91 Å². The summed E-state index contributed by atoms with van der Waals surface area (Å²) in [5.41, 5.74) is 2.71. The number of Topliss-reactive ketones (excluding diaryl/α,β-unsaturated/α-hetero) is 1. The number of nitrogens with one attached hydrogen (secondary N) is 2. The van der Waals surface area contributed by atoms with E-state index in [4.69, 9.17) is 0 Å². The van der Waals surface area contributed by atoms with Gasteiger partial charge in [-0.3, -0.25) is 14.7 Å². The van der Waals surface area contributed by atoms with Crippen molar-refractivity contribution in [3.05, 3.63) is 52.6 Å². The first kappa shape index (κ1) is 14.4. The van der Waals surface area contributed by atoms with Crippen molar-refractivity contribution in [1.82, 2.24) is 15.5 Å². The van der Waals surface area contributed by atoms with Crippen LogP contribution in [0.5, 0.6) is 0 Å². The Kier molecular flexibility index (Phi) is 4.00. The van der Waals surface area contributed by atoms with E-state index in [2.05, 4.69) is 15.5 Å². The summed E-state index contributed by atoms with van der Waals surface area (Å²) in [6.45, 7) is -0.133. The second-order valence-corrected chi connectivity index (χ2v) is 5.35. The predicted molar refractivity (Wildman–Crippen MR) is 78.3 cm³/mol. The lowest BCUT2D eigenvalue weighted by atomic mass is 9.96. The van der Waals surface area contributed by atoms with Gasteiger partial charge in [0.2, 0.25) is 0 Å². The van der Waals surface area contributed by atoms with Gasteiger partial charge in [0.15, 0.2) is 11.5 Å². The Bertz CT molecular complexity index is 707. The van der Waals surface area contributed by atoms with Crippen LogP contribution in [0.3, 0.4) is 0 Å². The Morgan fingerprint density at radius 2 is 1.91 bits per heavy atom. The summed E-state index contributed by atoms with van der Waals surface area (Å²) >= 11 is 0. The Morgan fingerprint density at radius 3 is 2.68 bits per heavy atom. The van der Waals surface area contributed by atoms with Gasteiger partial charge in [-0.2, -0.15) is 5.10 Å². The van der Waals surface area contributed by atoms with Gasteiger partial charge in [0, 0.05) is 16.8 Å². The molecule has 5 nitrogen and oxygen atoms in total. The number of aryl methyl sites for hydroxylation is 1. The van der Waals surface area contributed by atoms with E-state index < -0.39 is 5.82 Å². The standard InChI is InChI=1S/C16H16FN3O2/c17-11-7-5-10(6-8-11)14(21)9-18-16(22)15-12-3-1-2-4-13(12)19-20-15/h5-8H,1-4,9H2,(H,18,22)(H,19,20). The molecule has 6 heteroatoms. The van der Waals surface area contributed by atoms with E-state index in [9.17, 15) is 14.0 Å². The number of carbonyl (C=O) groups excluding carboxylic acids is 2. The summed E-state index contributed by atoms with van der Waals surface area (Å²) in [5, 5.41) is 9.54. The molecule has 1 heterocycles. The molecule has 3 rings (SSSR count). The molecule has 0 radical (unpaired) electrons. The van der Waals surface area contributed by atoms with Crippen LogP contribution < -0.4 is 5.32 Å². The third kappa shape index (κ3) is 2.90. The number of ketones is 1. The molecular weight excluding hydrogens is 285 g/mol. The molecule has 1 aliphatic rings. The minimum atomic E-state index is -0.399. The summed E-state index contributed by atoms with van der Waals surface area (Å²) in [4.78, 5) is 24.1. The number of aromatic nitrogens is 2. The fraction of sp³-hybridized carbons (Fsp3) is 0.312. The fourth-order valence-electron chi connectivity index (χ4n) is 2.65. The van der Waals surface area contributed by atoms with Crippen LogP contribution in [-0.2, 0) is 12.8 Å². The van der Waals surface area contributed by atoms with Crippen molar-refractivity contribution in [3.63, 3.8) is 0 Å². The fourth-order valence-corrected chi connectivity index (χ4v) is 2.65. The molecule has 1 aliphatic carbocycles. The van der Waals surface area contributed by atoms with Gasteiger partial charge in [-0.1, -0.05) is 0 Å². The Hall–Kier alpha value is -2.50. The molecule has 2 aromatic rings. The molecule has 1 aromatic heterocycles. The molecule has 0 bridgehead atoms. The first-order valence-corrected chi connectivity index (χ1v) is 7.28. The Labute approximate surface area is 126 Å². The van der Waals surface area contributed by atoms with Crippen LogP contribution in [-0.4, -0.2) is 28.4 Å². The lowest BCUT2D eigenvalue weighted by molar-refractivity contribution is 0.0900. The number of halogens is 1. The summed E-state index contributed by atoms with van der Waals surface area (Å²) in [5.74, 6) is -1.02. The molecule has 0 spiro atoms. The van der Waals surface area contributed by atoms with Gasteiger partial charge in [-0.15, -0.1) is 0 Å². The molecule has 1 amide bonds. The van der Waals surface area contributed by atoms with Crippen molar-refractivity contribution in [1.29, 1.82) is 0 Å². The van der Waals surface area contributed by atoms with Gasteiger partial charge < -0.3 is 5.32 Å². The highest BCUT2D eigenvalue weighted by atomic mass is 19.1. The number of H-pyrrole nitrogens is 1. The van der Waals surface area contributed by atoms with E-state index in [0.717, 1.165) is 36.9 Å². The molecule has 0 aliphatic heterocycles. The number of nitrogens with zero attached hydrogens (tertiary/aromatic N) is 1. The molecule has 0 atom stereocenters. The maximum atomic E-state index is 12.8. The molecule has 0 saturated carbocycles. The number of hydrogen-bond acceptors (Lipinski definition) is 3. The van der Waals surface area contributed by atoms with Crippen molar-refractivity contribution >= 4 is 11.7 Å². The van der Waals surface area contributed by atoms with Crippen LogP contribution >= 0.6 is 0 Å². The van der Waals surface area contributed by atoms with E-state index in [1.165, 1.54) is 24.3 Å². The first-order chi connectivity index (χ1) is 10.6. The van der Waals surface area contributed by atoms with Crippen LogP contribution in [0.2, 0.25) is 0 Å². The van der Waals surface area contributed by atoms with E-state index in [1.54, 1.807) is 0 Å². The Balaban J connectivity index is 1.64. The zero-order valence-corrected chi connectivity index (χ0v) is 12.0. The number of carbonyl (C=O) groups is 2. The molecule has 2 N–H and O–H groups in total. The van der Waals surface area contributed by atoms with Crippen molar-refractivity contribution in [2.45, 2.75) is 25.7 Å². The minimum absolute atomic E-state index is 0.133. The molecule has 1 aromatic carbocycles. The Morgan fingerprint density at radius 1 is 1.18 bits per heavy atom. The number of amides is 1. The number of benzene rings is 1. The normalized spacial score (nSPS) is 13.5. The van der Waals surface area contributed by atoms with E-state index >= 15 is 0 Å². The van der Waals surface area contributed by atoms with Crippen LogP contribution in [0.4, 0.5) is 4.39 Å². The number of fused-ring (bicyclic) bond motifs is 1. The maximum Gasteiger partial charge on any atom is 0.272 e. The number of aromatic amines is 1. The van der Waals surface area contributed by atoms with Gasteiger partial charge in [0.1, 0.15) is 5.82 Å². The van der Waals surface area contributed by atoms with Gasteiger partial charge >= 0.3 is 0 Å². The van der Waals surface area contributed by atoms with Crippen molar-refractivity contribution in [3.8, 4) is 0 Å². The predicted octanol–water partition coefficient (Wildman–Crippen LogP) is 2.04. The quantitative estimate of drug-likeness (QED) is 0.849. The van der Waals surface area contributed by atoms with Crippen molar-refractivity contribution in [2.75, 3.05) is 6.54 Å². The number of rotatable bonds is 4. The first-order valence-electron chi connectivity index (χ1n) is 7.28. The highest BCUT2D eigenvalue weighted by molar-refractivity contribution is 6.02. The SMILES string of the molecule is O=C(CNC(=O)c1n[nH]c2c1CCCC2)c1ccc(F)cc1. The van der Waals surface area contributed by atoms with Crippen LogP contribution in [0.1, 0.15) is 44.9 Å². The van der Waals surface area contributed by atoms with Crippen LogP contribution in [0, 0.1) is 5.82 Å². The molecular formula is C16H16FN3O2. The topological polar surface area (TPSA) is 74.8 Å². The molecule has 0 saturated heterocycles. The van der Waals surface area contributed by atoms with Gasteiger partial charge in [0.05, 0.1) is 6.54 Å². The smallest absolute Gasteiger partial charge is 0.272 e. The maximum absolute atomic E-state index is 12.8. The number of hydrogen-bond donors (Lipinski definition) is 2. The van der Waals surface area contributed by atoms with Crippen LogP contribution in [0.25, 0.3) is 0 Å². The van der Waals surface area contributed by atoms with Crippen molar-refractivity contribution < 1.29 is 14.0 Å². The second-order valence-electron chi connectivity index (χ2n) is 5.35. The molecule has 0 fully saturated rings. The van der Waals surface area contributed by atoms with Crippen molar-refractivity contribution in [2.24, 2.45) is 0 Å². The van der Waals surface area contributed by atoms with E-state index in [1.807, 2.05) is 0 Å². The second kappa shape index (κ2) is 6.09. The highest BCUT2D eigenvalue weighted by Crippen LogP contribution is 2.21. The largest absolute Gasteiger partial charge is 0.343 e. The third-order valence-electron chi connectivity index (χ3n) is 3.85.